The zero-order chi connectivity index (χ0) is 30.7. The number of nitriles is 1. The fourth-order valence-electron chi connectivity index (χ4n) is 8.27. The molecule has 0 saturated heterocycles. The Labute approximate surface area is 241 Å². The number of ketones is 2. The molecule has 1 fully saturated rings. The van der Waals surface area contributed by atoms with Gasteiger partial charge in [0.1, 0.15) is 11.7 Å². The van der Waals surface area contributed by atoms with Crippen LogP contribution in [-0.4, -0.2) is 35.4 Å². The predicted octanol–water partition coefficient (Wildman–Crippen LogP) is 6.91. The summed E-state index contributed by atoms with van der Waals surface area (Å²) in [6.07, 6.45) is 8.20. The first-order valence-electron chi connectivity index (χ1n) is 14.9. The van der Waals surface area contributed by atoms with Crippen molar-refractivity contribution in [2.45, 2.75) is 120 Å². The van der Waals surface area contributed by atoms with Gasteiger partial charge in [-0.05, 0) is 80.8 Å². The Kier molecular flexibility index (Phi) is 8.01. The number of hydrogen-bond acceptors (Lipinski definition) is 6. The molecule has 222 valence electrons. The molecule has 0 amide bonds. The fraction of sp³-hybridized carbons (Fsp3) is 0.765. The lowest BCUT2D eigenvalue weighted by Gasteiger charge is -2.65. The molecule has 1 N–H and O–H groups in total. The van der Waals surface area contributed by atoms with Gasteiger partial charge in [0, 0.05) is 16.2 Å². The van der Waals surface area contributed by atoms with Gasteiger partial charge in [-0.15, -0.1) is 0 Å². The molecule has 6 nitrogen and oxygen atoms in total. The van der Waals surface area contributed by atoms with Gasteiger partial charge in [-0.2, -0.15) is 5.26 Å². The highest BCUT2D eigenvalue weighted by atomic mass is 16.5. The Morgan fingerprint density at radius 3 is 2.23 bits per heavy atom. The summed E-state index contributed by atoms with van der Waals surface area (Å²) in [5.74, 6) is -0.864. The van der Waals surface area contributed by atoms with Crippen LogP contribution in [0.1, 0.15) is 114 Å². The third kappa shape index (κ3) is 4.52. The van der Waals surface area contributed by atoms with Gasteiger partial charge < -0.3 is 9.84 Å². The van der Waals surface area contributed by atoms with Crippen LogP contribution in [0.4, 0.5) is 0 Å². The first kappa shape index (κ1) is 32.3. The van der Waals surface area contributed by atoms with Crippen LogP contribution in [-0.2, 0) is 19.1 Å². The molecule has 0 bridgehead atoms. The van der Waals surface area contributed by atoms with Crippen molar-refractivity contribution in [3.63, 3.8) is 0 Å². The van der Waals surface area contributed by atoms with Crippen LogP contribution in [0.15, 0.2) is 23.3 Å². The van der Waals surface area contributed by atoms with E-state index in [0.29, 0.717) is 25.7 Å². The third-order valence-electron chi connectivity index (χ3n) is 12.3. The quantitative estimate of drug-likeness (QED) is 0.328. The SMILES string of the molecule is CCC(C)(C)CC[C@@](C)(CC[C@]1(C)[C@](C)(O)C(=O)C=C2[C@@]3(C)C=C(C#N)C(=O)C(C)(C)[C@@H]3CC[C@]21C)C(=O)OC. The smallest absolute Gasteiger partial charge is 0.311 e. The first-order chi connectivity index (χ1) is 18.1. The van der Waals surface area contributed by atoms with E-state index in [1.807, 2.05) is 34.6 Å². The summed E-state index contributed by atoms with van der Waals surface area (Å²) in [5, 5.41) is 21.8. The number of esters is 1. The van der Waals surface area contributed by atoms with Gasteiger partial charge in [-0.25, -0.2) is 0 Å². The minimum absolute atomic E-state index is 0.0797. The van der Waals surface area contributed by atoms with Crippen molar-refractivity contribution in [1.82, 2.24) is 0 Å². The molecule has 3 rings (SSSR count). The lowest BCUT2D eigenvalue weighted by atomic mass is 9.38. The van der Waals surface area contributed by atoms with Crippen molar-refractivity contribution in [2.75, 3.05) is 7.11 Å². The second kappa shape index (κ2) is 9.93. The molecule has 0 aliphatic heterocycles. The zero-order valence-corrected chi connectivity index (χ0v) is 26.7. The van der Waals surface area contributed by atoms with E-state index in [9.17, 15) is 24.8 Å². The Balaban J connectivity index is 2.13. The topological polar surface area (TPSA) is 104 Å². The number of carbonyl (C=O) groups is 3. The van der Waals surface area contributed by atoms with Crippen LogP contribution in [0.5, 0.6) is 0 Å². The van der Waals surface area contributed by atoms with E-state index in [1.165, 1.54) is 7.11 Å². The summed E-state index contributed by atoms with van der Waals surface area (Å²) in [5.41, 5.74) is -4.29. The van der Waals surface area contributed by atoms with E-state index in [1.54, 1.807) is 19.1 Å². The summed E-state index contributed by atoms with van der Waals surface area (Å²) >= 11 is 0. The van der Waals surface area contributed by atoms with Crippen LogP contribution in [0.25, 0.3) is 0 Å². The summed E-state index contributed by atoms with van der Waals surface area (Å²) < 4.78 is 5.29. The van der Waals surface area contributed by atoms with Gasteiger partial charge >= 0.3 is 5.97 Å². The highest BCUT2D eigenvalue weighted by Crippen LogP contribution is 2.70. The number of ether oxygens (including phenoxy) is 1. The van der Waals surface area contributed by atoms with Crippen molar-refractivity contribution >= 4 is 17.5 Å². The van der Waals surface area contributed by atoms with E-state index < -0.39 is 32.7 Å². The zero-order valence-electron chi connectivity index (χ0n) is 26.7. The number of carbonyl (C=O) groups excluding carboxylic acids is 3. The molecule has 0 heterocycles. The largest absolute Gasteiger partial charge is 0.469 e. The molecule has 0 radical (unpaired) electrons. The van der Waals surface area contributed by atoms with Gasteiger partial charge in [0.25, 0.3) is 0 Å². The van der Waals surface area contributed by atoms with Crippen LogP contribution < -0.4 is 0 Å². The second-order valence-electron chi connectivity index (χ2n) is 15.3. The van der Waals surface area contributed by atoms with Crippen molar-refractivity contribution in [1.29, 1.82) is 5.26 Å². The number of rotatable bonds is 8. The average Bonchev–Trinajstić information content (AvgIpc) is 2.88. The minimum Gasteiger partial charge on any atom is -0.469 e. The Morgan fingerprint density at radius 1 is 1.10 bits per heavy atom. The molecule has 3 aliphatic rings. The highest BCUT2D eigenvalue weighted by molar-refractivity contribution is 6.05. The molecule has 3 aliphatic carbocycles. The van der Waals surface area contributed by atoms with E-state index in [0.717, 1.165) is 24.8 Å². The number of nitrogens with zero attached hydrogens (tertiary/aromatic N) is 1. The maximum absolute atomic E-state index is 13.8. The molecule has 0 spiro atoms. The summed E-state index contributed by atoms with van der Waals surface area (Å²) in [7, 11) is 1.42. The lowest BCUT2D eigenvalue weighted by molar-refractivity contribution is -0.176. The van der Waals surface area contributed by atoms with Crippen LogP contribution in [0.3, 0.4) is 0 Å². The summed E-state index contributed by atoms with van der Waals surface area (Å²) in [4.78, 5) is 40.2. The number of allylic oxidation sites excluding steroid dienone is 3. The maximum Gasteiger partial charge on any atom is 0.311 e. The minimum atomic E-state index is -1.66. The van der Waals surface area contributed by atoms with Crippen molar-refractivity contribution < 1.29 is 24.2 Å². The average molecular weight is 554 g/mol. The van der Waals surface area contributed by atoms with Crippen LogP contribution in [0.2, 0.25) is 0 Å². The number of aliphatic hydroxyl groups is 1. The van der Waals surface area contributed by atoms with Gasteiger partial charge in [0.15, 0.2) is 11.6 Å². The lowest BCUT2D eigenvalue weighted by Crippen LogP contribution is -2.66. The molecule has 40 heavy (non-hydrogen) atoms. The Bertz CT molecular complexity index is 1200. The van der Waals surface area contributed by atoms with Gasteiger partial charge in [-0.1, -0.05) is 67.9 Å². The van der Waals surface area contributed by atoms with Gasteiger partial charge in [0.2, 0.25) is 0 Å². The summed E-state index contributed by atoms with van der Waals surface area (Å²) in [6.45, 7) is 20.1. The molecule has 1 saturated carbocycles. The third-order valence-corrected chi connectivity index (χ3v) is 12.3. The van der Waals surface area contributed by atoms with E-state index in [4.69, 9.17) is 4.74 Å². The Morgan fingerprint density at radius 2 is 1.70 bits per heavy atom. The van der Waals surface area contributed by atoms with Crippen LogP contribution in [0, 0.1) is 49.7 Å². The highest BCUT2D eigenvalue weighted by Gasteiger charge is 2.68. The molecule has 6 heteroatoms. The molecular weight excluding hydrogens is 502 g/mol. The summed E-state index contributed by atoms with van der Waals surface area (Å²) in [6, 6.07) is 2.12. The standard InChI is InChI=1S/C34H51NO5/c1-12-28(2,3)15-16-30(6,27(38)40-11)17-18-33(9)32(8)14-13-23-29(4,5)26(37)22(21-35)20-31(23,7)24(32)19-25(36)34(33,10)39/h19-20,23,39H,12-18H2,1-11H3/t23-,30-,31-,32+,33-,34+/m0/s1. The van der Waals surface area contributed by atoms with E-state index >= 15 is 0 Å². The number of fused-ring (bicyclic) bond motifs is 3. The molecule has 0 unspecified atom stereocenters. The van der Waals surface area contributed by atoms with Gasteiger partial charge in [0.05, 0.1) is 18.1 Å². The number of hydrogen-bond donors (Lipinski definition) is 1. The van der Waals surface area contributed by atoms with Crippen molar-refractivity contribution in [3.8, 4) is 6.07 Å². The van der Waals surface area contributed by atoms with Crippen molar-refractivity contribution in [3.05, 3.63) is 23.3 Å². The normalized spacial score (nSPS) is 36.8. The second-order valence-corrected chi connectivity index (χ2v) is 15.3. The van der Waals surface area contributed by atoms with Gasteiger partial charge in [-0.3, -0.25) is 14.4 Å². The van der Waals surface area contributed by atoms with E-state index in [-0.39, 0.29) is 34.4 Å². The molecule has 0 aromatic heterocycles. The molecule has 6 atom stereocenters. The fourth-order valence-corrected chi connectivity index (χ4v) is 8.27. The molecular formula is C34H51NO5. The maximum atomic E-state index is 13.8. The van der Waals surface area contributed by atoms with Crippen LogP contribution >= 0.6 is 0 Å². The number of Topliss-reactive ketones (excluding diaryl/α,β-unsaturated/α-hetero) is 1. The molecule has 0 aromatic carbocycles. The number of methoxy groups -OCH3 is 1. The van der Waals surface area contributed by atoms with E-state index in [2.05, 4.69) is 33.8 Å². The predicted molar refractivity (Wildman–Crippen MR) is 156 cm³/mol. The molecule has 0 aromatic rings. The monoisotopic (exact) mass is 553 g/mol. The van der Waals surface area contributed by atoms with Crippen molar-refractivity contribution in [2.24, 2.45) is 38.4 Å². The Hall–Kier alpha value is -2.26. The first-order valence-corrected chi connectivity index (χ1v) is 14.9.